The molecular weight excluding hydrogens is 379 g/mol. The lowest BCUT2D eigenvalue weighted by Gasteiger charge is -2.48. The molecule has 0 spiro atoms. The van der Waals surface area contributed by atoms with Gasteiger partial charge in [0.25, 0.3) is 0 Å². The summed E-state index contributed by atoms with van der Waals surface area (Å²) < 4.78 is 0. The fraction of sp³-hybridized carbons (Fsp3) is 0.655. The molecule has 0 fully saturated rings. The Bertz CT molecular complexity index is 748. The number of rotatable bonds is 5. The molecule has 0 radical (unpaired) electrons. The summed E-state index contributed by atoms with van der Waals surface area (Å²) in [5.74, 6) is 1.62. The van der Waals surface area contributed by atoms with E-state index in [4.69, 9.17) is 0 Å². The van der Waals surface area contributed by atoms with Crippen molar-refractivity contribution in [3.8, 4) is 0 Å². The molecule has 1 aromatic rings. The molecule has 0 amide bonds. The molecule has 1 aliphatic carbocycles. The summed E-state index contributed by atoms with van der Waals surface area (Å²) in [6, 6.07) is 5.03. The van der Waals surface area contributed by atoms with Crippen LogP contribution < -0.4 is 0 Å². The molecule has 2 rings (SSSR count). The third-order valence-electron chi connectivity index (χ3n) is 6.31. The fourth-order valence-electron chi connectivity index (χ4n) is 5.34. The first kappa shape index (κ1) is 25.4. The molecule has 0 saturated heterocycles. The molecule has 0 aliphatic heterocycles. The standard InChI is InChI=1S/C29H47P/c1-19(2)22-17-24(20(3)4)27(25(18-22)21(5)6)23-15-13-14-16-26(23)30(28(7,8)9)29(10,11)12/h13-15,17-21,26H,16H2,1-12H3. The van der Waals surface area contributed by atoms with E-state index in [1.54, 1.807) is 22.3 Å². The highest BCUT2D eigenvalue weighted by Crippen LogP contribution is 2.66. The topological polar surface area (TPSA) is 0 Å². The van der Waals surface area contributed by atoms with Gasteiger partial charge in [0, 0.05) is 5.66 Å². The van der Waals surface area contributed by atoms with Crippen molar-refractivity contribution in [3.63, 3.8) is 0 Å². The first-order valence-corrected chi connectivity index (χ1v) is 13.4. The summed E-state index contributed by atoms with van der Waals surface area (Å²) in [5, 5.41) is 0.632. The summed E-state index contributed by atoms with van der Waals surface area (Å²) in [4.78, 5) is 0. The van der Waals surface area contributed by atoms with Crippen molar-refractivity contribution in [2.24, 2.45) is 0 Å². The van der Waals surface area contributed by atoms with Gasteiger partial charge in [0.15, 0.2) is 0 Å². The van der Waals surface area contributed by atoms with Gasteiger partial charge in [0.1, 0.15) is 0 Å². The zero-order chi connectivity index (χ0) is 23.0. The number of hydrogen-bond donors (Lipinski definition) is 0. The average Bonchev–Trinajstić information content (AvgIpc) is 2.58. The van der Waals surface area contributed by atoms with Gasteiger partial charge in [-0.1, -0.05) is 121 Å². The first-order chi connectivity index (χ1) is 13.7. The number of allylic oxidation sites excluding steroid dienone is 4. The van der Waals surface area contributed by atoms with Gasteiger partial charge in [-0.3, -0.25) is 0 Å². The largest absolute Gasteiger partial charge is 0.0876 e. The van der Waals surface area contributed by atoms with Crippen LogP contribution in [0.4, 0.5) is 0 Å². The molecule has 0 N–H and O–H groups in total. The van der Waals surface area contributed by atoms with Crippen LogP contribution in [0.5, 0.6) is 0 Å². The maximum atomic E-state index is 2.52. The van der Waals surface area contributed by atoms with Gasteiger partial charge in [0.05, 0.1) is 0 Å². The minimum absolute atomic E-state index is 0.227. The van der Waals surface area contributed by atoms with Crippen LogP contribution in [0, 0.1) is 0 Å². The zero-order valence-electron chi connectivity index (χ0n) is 21.9. The predicted octanol–water partition coefficient (Wildman–Crippen LogP) is 9.85. The second-order valence-corrected chi connectivity index (χ2v) is 16.1. The Labute approximate surface area is 189 Å². The third kappa shape index (κ3) is 5.48. The van der Waals surface area contributed by atoms with Gasteiger partial charge in [-0.05, 0) is 62.3 Å². The monoisotopic (exact) mass is 426 g/mol. The Morgan fingerprint density at radius 3 is 1.60 bits per heavy atom. The van der Waals surface area contributed by atoms with Gasteiger partial charge in [-0.25, -0.2) is 0 Å². The summed E-state index contributed by atoms with van der Waals surface area (Å²) in [6.45, 7) is 28.9. The quantitative estimate of drug-likeness (QED) is 0.411. The Kier molecular flexibility index (Phi) is 7.89. The molecule has 168 valence electrons. The molecule has 0 nitrogen and oxygen atoms in total. The van der Waals surface area contributed by atoms with Crippen LogP contribution in [0.3, 0.4) is 0 Å². The van der Waals surface area contributed by atoms with Crippen LogP contribution >= 0.6 is 7.92 Å². The summed E-state index contributed by atoms with van der Waals surface area (Å²) >= 11 is 0. The van der Waals surface area contributed by atoms with Crippen molar-refractivity contribution in [1.82, 2.24) is 0 Å². The Hall–Kier alpha value is -0.870. The fourth-order valence-corrected chi connectivity index (χ4v) is 10.1. The second-order valence-electron chi connectivity index (χ2n) is 12.1. The third-order valence-corrected chi connectivity index (χ3v) is 10.3. The Balaban J connectivity index is 2.82. The predicted molar refractivity (Wildman–Crippen MR) is 141 cm³/mol. The summed E-state index contributed by atoms with van der Waals surface area (Å²) in [6.07, 6.45) is 8.36. The second kappa shape index (κ2) is 9.32. The van der Waals surface area contributed by atoms with E-state index in [0.717, 1.165) is 0 Å². The van der Waals surface area contributed by atoms with Crippen molar-refractivity contribution in [2.45, 2.75) is 123 Å². The van der Waals surface area contributed by atoms with Crippen LogP contribution in [0.2, 0.25) is 0 Å². The molecule has 1 atom stereocenters. The summed E-state index contributed by atoms with van der Waals surface area (Å²) in [7, 11) is -0.227. The van der Waals surface area contributed by atoms with E-state index in [2.05, 4.69) is 113 Å². The van der Waals surface area contributed by atoms with Crippen LogP contribution in [-0.2, 0) is 0 Å². The minimum Gasteiger partial charge on any atom is -0.0876 e. The van der Waals surface area contributed by atoms with E-state index in [-0.39, 0.29) is 7.92 Å². The highest BCUT2D eigenvalue weighted by atomic mass is 31.1. The van der Waals surface area contributed by atoms with Gasteiger partial charge in [-0.2, -0.15) is 0 Å². The van der Waals surface area contributed by atoms with Crippen molar-refractivity contribution in [1.29, 1.82) is 0 Å². The lowest BCUT2D eigenvalue weighted by Crippen LogP contribution is -2.33. The van der Waals surface area contributed by atoms with E-state index >= 15 is 0 Å². The van der Waals surface area contributed by atoms with Gasteiger partial charge >= 0.3 is 0 Å². The smallest absolute Gasteiger partial charge is 0.00919 e. The SMILES string of the molecule is CC(C)c1cc(C(C)C)c(C2=CC=CCC2P(C(C)(C)C)C(C)(C)C)c(C(C)C)c1. The maximum absolute atomic E-state index is 2.52. The molecular formula is C29H47P. The molecule has 0 bridgehead atoms. The van der Waals surface area contributed by atoms with E-state index < -0.39 is 0 Å². The number of hydrogen-bond acceptors (Lipinski definition) is 0. The normalized spacial score (nSPS) is 18.1. The maximum Gasteiger partial charge on any atom is 0.00919 e. The number of benzene rings is 1. The van der Waals surface area contributed by atoms with Crippen molar-refractivity contribution >= 4 is 13.5 Å². The van der Waals surface area contributed by atoms with E-state index in [1.165, 1.54) is 12.0 Å². The molecule has 0 aromatic heterocycles. The first-order valence-electron chi connectivity index (χ1n) is 12.0. The lowest BCUT2D eigenvalue weighted by atomic mass is 9.80. The van der Waals surface area contributed by atoms with Crippen LogP contribution in [0.15, 0.2) is 30.4 Å². The molecule has 0 heterocycles. The van der Waals surface area contributed by atoms with E-state index in [9.17, 15) is 0 Å². The Morgan fingerprint density at radius 2 is 1.23 bits per heavy atom. The van der Waals surface area contributed by atoms with Crippen molar-refractivity contribution < 1.29 is 0 Å². The highest BCUT2D eigenvalue weighted by molar-refractivity contribution is 7.62. The zero-order valence-corrected chi connectivity index (χ0v) is 22.7. The molecule has 1 aromatic carbocycles. The average molecular weight is 427 g/mol. The van der Waals surface area contributed by atoms with Gasteiger partial charge in [-0.15, -0.1) is 0 Å². The minimum atomic E-state index is -0.227. The summed E-state index contributed by atoms with van der Waals surface area (Å²) in [5.41, 5.74) is 8.38. The van der Waals surface area contributed by atoms with Gasteiger partial charge < -0.3 is 0 Å². The lowest BCUT2D eigenvalue weighted by molar-refractivity contribution is 0.693. The van der Waals surface area contributed by atoms with Crippen LogP contribution in [-0.4, -0.2) is 16.0 Å². The van der Waals surface area contributed by atoms with E-state index in [0.29, 0.717) is 33.7 Å². The molecule has 30 heavy (non-hydrogen) atoms. The molecule has 1 heteroatoms. The van der Waals surface area contributed by atoms with Crippen molar-refractivity contribution in [2.75, 3.05) is 0 Å². The highest BCUT2D eigenvalue weighted by Gasteiger charge is 2.42. The van der Waals surface area contributed by atoms with E-state index in [1.807, 2.05) is 0 Å². The van der Waals surface area contributed by atoms with Gasteiger partial charge in [0.2, 0.25) is 0 Å². The van der Waals surface area contributed by atoms with Crippen molar-refractivity contribution in [3.05, 3.63) is 52.6 Å². The Morgan fingerprint density at radius 1 is 0.767 bits per heavy atom. The molecule has 0 saturated carbocycles. The van der Waals surface area contributed by atoms with Crippen LogP contribution in [0.25, 0.3) is 5.57 Å². The van der Waals surface area contributed by atoms with Crippen LogP contribution in [0.1, 0.15) is 130 Å². The molecule has 1 aliphatic rings. The molecule has 1 unspecified atom stereocenters.